The van der Waals surface area contributed by atoms with Crippen LogP contribution in [0.2, 0.25) is 36.3 Å². The molecule has 0 saturated carbocycles. The number of halogens is 2. The molecule has 58 heavy (non-hydrogen) atoms. The summed E-state index contributed by atoms with van der Waals surface area (Å²) in [5.41, 5.74) is 0. The maximum Gasteiger partial charge on any atom is 0.132 e. The number of nitrogens with zero attached hydrogens (tertiary/aromatic N) is 1. The molecule has 0 amide bonds. The van der Waals surface area contributed by atoms with Gasteiger partial charge in [0.15, 0.2) is 0 Å². The lowest BCUT2D eigenvalue weighted by Gasteiger charge is -2.43. The van der Waals surface area contributed by atoms with Gasteiger partial charge in [-0.05, 0) is 48.7 Å². The zero-order valence-electron chi connectivity index (χ0n) is 37.6. The van der Waals surface area contributed by atoms with Gasteiger partial charge in [-0.25, -0.2) is 13.2 Å². The quantitative estimate of drug-likeness (QED) is 0.0426. The summed E-state index contributed by atoms with van der Waals surface area (Å²) < 4.78 is 35.9. The minimum atomic E-state index is -1.87. The van der Waals surface area contributed by atoms with Gasteiger partial charge in [-0.1, -0.05) is 238 Å². The fraction of sp³-hybridized carbons (Fsp3) is 0.529. The van der Waals surface area contributed by atoms with Gasteiger partial charge in [0, 0.05) is 32.8 Å². The number of rotatable bonds is 27. The molecule has 0 saturated heterocycles. The zero-order chi connectivity index (χ0) is 42.0. The zero-order valence-corrected chi connectivity index (χ0v) is 41.4. The highest BCUT2D eigenvalue weighted by Gasteiger charge is 2.40. The molecule has 0 bridgehead atoms. The molecule has 0 fully saturated rings. The maximum absolute atomic E-state index is 16.6. The van der Waals surface area contributed by atoms with E-state index in [4.69, 9.17) is 0 Å². The summed E-state index contributed by atoms with van der Waals surface area (Å²) in [6.07, 6.45) is 14.8. The molecule has 7 heteroatoms. The van der Waals surface area contributed by atoms with Gasteiger partial charge in [-0.2, -0.15) is 0 Å². The first-order valence-corrected chi connectivity index (χ1v) is 31.1. The Balaban J connectivity index is 2.06. The largest absolute Gasteiger partial charge is 0.242 e. The summed E-state index contributed by atoms with van der Waals surface area (Å²) in [6.45, 7) is 18.5. The fourth-order valence-electron chi connectivity index (χ4n) is 9.18. The Hall–Kier alpha value is -2.01. The smallest absolute Gasteiger partial charge is 0.132 e. The molecule has 0 N–H and O–H groups in total. The van der Waals surface area contributed by atoms with Crippen LogP contribution in [-0.4, -0.2) is 26.6 Å². The normalized spacial score (nSPS) is 13.4. The van der Waals surface area contributed by atoms with E-state index in [9.17, 15) is 0 Å². The van der Waals surface area contributed by atoms with Crippen molar-refractivity contribution in [1.29, 1.82) is 0 Å². The van der Waals surface area contributed by atoms with Crippen molar-refractivity contribution in [1.82, 2.24) is 4.44 Å². The number of unbranched alkanes of at least 4 members (excludes halogenated alkanes) is 6. The maximum atomic E-state index is 16.6. The molecule has 4 aromatic carbocycles. The van der Waals surface area contributed by atoms with Crippen molar-refractivity contribution in [3.05, 3.63) is 109 Å². The number of hydrogen-bond donors (Lipinski definition) is 0. The molecular weight excluding hydrogens is 783 g/mol. The van der Waals surface area contributed by atoms with Crippen LogP contribution >= 0.6 is 16.1 Å². The molecule has 2 unspecified atom stereocenters. The van der Waals surface area contributed by atoms with Crippen LogP contribution < -0.4 is 31.6 Å². The highest BCUT2D eigenvalue weighted by Crippen LogP contribution is 2.56. The molecule has 4 aromatic rings. The van der Waals surface area contributed by atoms with E-state index in [0.29, 0.717) is 0 Å². The van der Waals surface area contributed by atoms with Gasteiger partial charge in [-0.15, -0.1) is 0 Å². The van der Waals surface area contributed by atoms with Crippen molar-refractivity contribution in [3.63, 3.8) is 0 Å². The Labute approximate surface area is 358 Å². The van der Waals surface area contributed by atoms with Gasteiger partial charge in [0.2, 0.25) is 0 Å². The Morgan fingerprint density at radius 3 is 1.03 bits per heavy atom. The van der Waals surface area contributed by atoms with E-state index in [1.165, 1.54) is 124 Å². The summed E-state index contributed by atoms with van der Waals surface area (Å²) in [5, 5.41) is 6.97. The third-order valence-corrected chi connectivity index (χ3v) is 29.4. The number of benzene rings is 4. The second-order valence-corrected chi connectivity index (χ2v) is 30.9. The minimum Gasteiger partial charge on any atom is -0.242 e. The van der Waals surface area contributed by atoms with E-state index in [-0.39, 0.29) is 17.7 Å². The lowest BCUT2D eigenvalue weighted by atomic mass is 10.3. The summed E-state index contributed by atoms with van der Waals surface area (Å²) in [6, 6.07) is 41.9. The van der Waals surface area contributed by atoms with Crippen molar-refractivity contribution < 1.29 is 8.78 Å². The first-order chi connectivity index (χ1) is 28.1. The van der Waals surface area contributed by atoms with E-state index in [1.54, 1.807) is 22.5 Å². The topological polar surface area (TPSA) is 3.24 Å². The second kappa shape index (κ2) is 25.1. The number of hydrogen-bond acceptors (Lipinski definition) is 1. The van der Waals surface area contributed by atoms with Crippen molar-refractivity contribution in [3.8, 4) is 0 Å². The van der Waals surface area contributed by atoms with Crippen LogP contribution in [0.1, 0.15) is 132 Å². The SMILES string of the molecule is CCCC[Si](CCCC)(CCCC)c1cccc(P(c2ccccc2F)N(C(C)C)P(c2cccc([Si](CCCC)(CCCC)CCCC)c2)c2ccccc2F)c1. The van der Waals surface area contributed by atoms with Crippen LogP contribution in [0.5, 0.6) is 0 Å². The van der Waals surface area contributed by atoms with Crippen LogP contribution in [0.3, 0.4) is 0 Å². The summed E-state index contributed by atoms with van der Waals surface area (Å²) in [4.78, 5) is 0. The van der Waals surface area contributed by atoms with Gasteiger partial charge in [0.25, 0.3) is 0 Å². The molecule has 0 radical (unpaired) electrons. The Morgan fingerprint density at radius 1 is 0.448 bits per heavy atom. The molecule has 0 aliphatic rings. The first kappa shape index (κ1) is 48.7. The predicted octanol–water partition coefficient (Wildman–Crippen LogP) is 14.2. The molecule has 2 atom stereocenters. The lowest BCUT2D eigenvalue weighted by Crippen LogP contribution is -2.49. The fourth-order valence-corrected chi connectivity index (χ4v) is 26.9. The molecular formula is C51H77F2NP2Si2. The van der Waals surface area contributed by atoms with Crippen molar-refractivity contribution in [2.45, 2.75) is 175 Å². The van der Waals surface area contributed by atoms with Crippen LogP contribution in [0.15, 0.2) is 97.1 Å². The Kier molecular flexibility index (Phi) is 21.0. The van der Waals surface area contributed by atoms with Crippen molar-refractivity contribution in [2.75, 3.05) is 0 Å². The third kappa shape index (κ3) is 12.5. The van der Waals surface area contributed by atoms with E-state index in [1.807, 2.05) is 36.4 Å². The first-order valence-electron chi connectivity index (χ1n) is 23.2. The molecule has 0 heterocycles. The third-order valence-electron chi connectivity index (χ3n) is 12.5. The van der Waals surface area contributed by atoms with Crippen molar-refractivity contribution in [2.24, 2.45) is 0 Å². The monoisotopic (exact) mass is 860 g/mol. The van der Waals surface area contributed by atoms with E-state index in [0.717, 1.165) is 10.6 Å². The van der Waals surface area contributed by atoms with Crippen LogP contribution in [0.4, 0.5) is 8.78 Å². The average Bonchev–Trinajstić information content (AvgIpc) is 3.24. The molecule has 0 aliphatic heterocycles. The Morgan fingerprint density at radius 2 is 0.759 bits per heavy atom. The summed E-state index contributed by atoms with van der Waals surface area (Å²) in [7, 11) is -6.51. The lowest BCUT2D eigenvalue weighted by molar-refractivity contribution is 0.579. The molecule has 0 aliphatic carbocycles. The van der Waals surface area contributed by atoms with Gasteiger partial charge in [0.05, 0.1) is 16.1 Å². The molecule has 1 nitrogen and oxygen atoms in total. The molecule has 4 rings (SSSR count). The Bertz CT molecular complexity index is 1610. The van der Waals surface area contributed by atoms with Gasteiger partial charge in [-0.3, -0.25) is 0 Å². The minimum absolute atomic E-state index is 0.0216. The summed E-state index contributed by atoms with van der Waals surface area (Å²) in [5.74, 6) is -0.336. The second-order valence-electron chi connectivity index (χ2n) is 17.2. The van der Waals surface area contributed by atoms with Gasteiger partial charge >= 0.3 is 0 Å². The highest BCUT2D eigenvalue weighted by atomic mass is 31.2. The predicted molar refractivity (Wildman–Crippen MR) is 264 cm³/mol. The van der Waals surface area contributed by atoms with Gasteiger partial charge < -0.3 is 0 Å². The van der Waals surface area contributed by atoms with E-state index < -0.39 is 32.3 Å². The molecule has 0 spiro atoms. The standard InChI is InChI=1S/C51H77F2NP2Si2/c1-9-15-35-57(36-16-10-2,37-17-11-3)46-29-25-27-44(41-46)55(50-33-23-21-31-48(50)52)54(43(7)8)56(51-34-24-22-32-49(51)53)45-28-26-30-47(42-45)58(38-18-12-4,39-19-13-5)40-20-14-6/h21-34,41-43H,9-20,35-40H2,1-8H3. The van der Waals surface area contributed by atoms with Crippen LogP contribution in [-0.2, 0) is 0 Å². The van der Waals surface area contributed by atoms with Gasteiger partial charge in [0.1, 0.15) is 11.6 Å². The summed E-state index contributed by atoms with van der Waals surface area (Å²) >= 11 is 0. The van der Waals surface area contributed by atoms with E-state index in [2.05, 4.69) is 108 Å². The van der Waals surface area contributed by atoms with E-state index >= 15 is 8.78 Å². The average molecular weight is 860 g/mol. The van der Waals surface area contributed by atoms with Crippen molar-refractivity contribution >= 4 is 63.9 Å². The molecule has 318 valence electrons. The van der Waals surface area contributed by atoms with Crippen LogP contribution in [0.25, 0.3) is 0 Å². The molecule has 0 aromatic heterocycles. The van der Waals surface area contributed by atoms with Crippen LogP contribution in [0, 0.1) is 11.6 Å². The highest BCUT2D eigenvalue weighted by molar-refractivity contribution is 7.84.